The molecule has 0 aliphatic rings. The Morgan fingerprint density at radius 1 is 1.24 bits per heavy atom. The number of rotatable bonds is 5. The van der Waals surface area contributed by atoms with E-state index in [9.17, 15) is 9.18 Å². The number of nitrogens with zero attached hydrogens (tertiary/aromatic N) is 2. The van der Waals surface area contributed by atoms with E-state index >= 15 is 0 Å². The van der Waals surface area contributed by atoms with Gasteiger partial charge < -0.3 is 14.3 Å². The van der Waals surface area contributed by atoms with Crippen LogP contribution in [0, 0.1) is 19.7 Å². The molecule has 4 aromatic rings. The van der Waals surface area contributed by atoms with Gasteiger partial charge in [-0.2, -0.15) is 0 Å². The van der Waals surface area contributed by atoms with Crippen LogP contribution in [0.1, 0.15) is 34.1 Å². The van der Waals surface area contributed by atoms with Crippen molar-refractivity contribution < 1.29 is 13.6 Å². The maximum atomic E-state index is 13.8. The number of amides is 1. The summed E-state index contributed by atoms with van der Waals surface area (Å²) in [5.41, 5.74) is 4.51. The molecule has 2 aromatic carbocycles. The molecule has 0 radical (unpaired) electrons. The lowest BCUT2D eigenvalue weighted by molar-refractivity contribution is -0.121. The number of furan rings is 1. The number of carbonyl (C=O) groups excluding carboxylic acids is 1. The highest BCUT2D eigenvalue weighted by atomic mass is 19.1. The Morgan fingerprint density at radius 3 is 2.76 bits per heavy atom. The highest BCUT2D eigenvalue weighted by Crippen LogP contribution is 2.26. The van der Waals surface area contributed by atoms with Crippen molar-refractivity contribution in [2.45, 2.75) is 26.3 Å². The van der Waals surface area contributed by atoms with Crippen LogP contribution >= 0.6 is 0 Å². The molecule has 1 N–H and O–H groups in total. The monoisotopic (exact) mass is 391 g/mol. The van der Waals surface area contributed by atoms with Crippen LogP contribution in [-0.2, 0) is 18.3 Å². The Balaban J connectivity index is 1.62. The molecule has 0 fully saturated rings. The van der Waals surface area contributed by atoms with E-state index in [2.05, 4.69) is 10.3 Å². The van der Waals surface area contributed by atoms with E-state index in [1.807, 2.05) is 37.6 Å². The predicted octanol–water partition coefficient (Wildman–Crippen LogP) is 4.37. The van der Waals surface area contributed by atoms with E-state index in [0.29, 0.717) is 11.4 Å². The minimum atomic E-state index is -0.555. The SMILES string of the molecule is Cc1cc2occ(CC(=O)NC(c3cccc(F)c3)c3nccn3C)c2cc1C. The topological polar surface area (TPSA) is 60.1 Å². The van der Waals surface area contributed by atoms with Crippen LogP contribution < -0.4 is 5.32 Å². The van der Waals surface area contributed by atoms with Crippen LogP contribution in [0.4, 0.5) is 4.39 Å². The summed E-state index contributed by atoms with van der Waals surface area (Å²) in [6.07, 6.45) is 5.23. The zero-order valence-electron chi connectivity index (χ0n) is 16.6. The van der Waals surface area contributed by atoms with Crippen LogP contribution in [0.15, 0.2) is 59.5 Å². The number of hydrogen-bond acceptors (Lipinski definition) is 3. The van der Waals surface area contributed by atoms with Gasteiger partial charge in [-0.15, -0.1) is 0 Å². The number of aromatic nitrogens is 2. The van der Waals surface area contributed by atoms with E-state index in [0.717, 1.165) is 27.7 Å². The summed E-state index contributed by atoms with van der Waals surface area (Å²) < 4.78 is 21.3. The quantitative estimate of drug-likeness (QED) is 0.550. The van der Waals surface area contributed by atoms with Crippen LogP contribution in [0.25, 0.3) is 11.0 Å². The van der Waals surface area contributed by atoms with Gasteiger partial charge in [0.15, 0.2) is 0 Å². The molecule has 1 unspecified atom stereocenters. The number of hydrogen-bond donors (Lipinski definition) is 1. The van der Waals surface area contributed by atoms with Crippen molar-refractivity contribution in [2.75, 3.05) is 0 Å². The fourth-order valence-corrected chi connectivity index (χ4v) is 3.50. The normalized spacial score (nSPS) is 12.3. The standard InChI is InChI=1S/C23H22FN3O2/c1-14-9-19-17(13-29-20(19)10-15(14)2)12-21(28)26-22(23-25-7-8-27(23)3)16-5-4-6-18(24)11-16/h4-11,13,22H,12H2,1-3H3,(H,26,28). The predicted molar refractivity (Wildman–Crippen MR) is 109 cm³/mol. The number of carbonyl (C=O) groups is 1. The summed E-state index contributed by atoms with van der Waals surface area (Å²) in [5, 5.41) is 3.94. The van der Waals surface area contributed by atoms with Gasteiger partial charge in [-0.3, -0.25) is 4.79 Å². The highest BCUT2D eigenvalue weighted by molar-refractivity contribution is 5.88. The lowest BCUT2D eigenvalue weighted by atomic mass is 10.0. The second kappa shape index (κ2) is 7.54. The second-order valence-corrected chi connectivity index (χ2v) is 7.32. The van der Waals surface area contributed by atoms with Crippen LogP contribution in [0.3, 0.4) is 0 Å². The Morgan fingerprint density at radius 2 is 2.03 bits per heavy atom. The van der Waals surface area contributed by atoms with Crippen molar-refractivity contribution in [1.82, 2.24) is 14.9 Å². The van der Waals surface area contributed by atoms with Crippen molar-refractivity contribution in [2.24, 2.45) is 7.05 Å². The maximum Gasteiger partial charge on any atom is 0.225 e. The third-order valence-corrected chi connectivity index (χ3v) is 5.23. The zero-order chi connectivity index (χ0) is 20.5. The third kappa shape index (κ3) is 3.78. The van der Waals surface area contributed by atoms with Crippen molar-refractivity contribution in [3.8, 4) is 0 Å². The average Bonchev–Trinajstić information content (AvgIpc) is 3.27. The molecular weight excluding hydrogens is 369 g/mol. The van der Waals surface area contributed by atoms with Crippen molar-refractivity contribution in [1.29, 1.82) is 0 Å². The van der Waals surface area contributed by atoms with Gasteiger partial charge in [0.1, 0.15) is 23.3 Å². The van der Waals surface area contributed by atoms with Crippen molar-refractivity contribution in [3.05, 3.63) is 89.0 Å². The zero-order valence-corrected chi connectivity index (χ0v) is 16.6. The minimum Gasteiger partial charge on any atom is -0.464 e. The van der Waals surface area contributed by atoms with E-state index in [4.69, 9.17) is 4.42 Å². The van der Waals surface area contributed by atoms with Crippen molar-refractivity contribution >= 4 is 16.9 Å². The van der Waals surface area contributed by atoms with Gasteiger partial charge in [-0.1, -0.05) is 12.1 Å². The lowest BCUT2D eigenvalue weighted by Gasteiger charge is -2.19. The van der Waals surface area contributed by atoms with Gasteiger partial charge in [0.2, 0.25) is 5.91 Å². The van der Waals surface area contributed by atoms with Crippen LogP contribution in [0.5, 0.6) is 0 Å². The van der Waals surface area contributed by atoms with E-state index in [1.165, 1.54) is 12.1 Å². The van der Waals surface area contributed by atoms with Gasteiger partial charge in [-0.25, -0.2) is 9.37 Å². The molecule has 29 heavy (non-hydrogen) atoms. The number of nitrogens with one attached hydrogen (secondary N) is 1. The Hall–Kier alpha value is -3.41. The third-order valence-electron chi connectivity index (χ3n) is 5.23. The van der Waals surface area contributed by atoms with Crippen molar-refractivity contribution in [3.63, 3.8) is 0 Å². The summed E-state index contributed by atoms with van der Waals surface area (Å²) >= 11 is 0. The first-order chi connectivity index (χ1) is 13.9. The first kappa shape index (κ1) is 18.9. The number of fused-ring (bicyclic) bond motifs is 1. The molecule has 2 aromatic heterocycles. The number of imidazole rings is 1. The molecule has 0 saturated carbocycles. The molecule has 0 aliphatic heterocycles. The van der Waals surface area contributed by atoms with Gasteiger partial charge in [0.25, 0.3) is 0 Å². The first-order valence-corrected chi connectivity index (χ1v) is 9.41. The van der Waals surface area contributed by atoms with Gasteiger partial charge in [0, 0.05) is 30.4 Å². The smallest absolute Gasteiger partial charge is 0.225 e. The van der Waals surface area contributed by atoms with E-state index in [-0.39, 0.29) is 18.1 Å². The van der Waals surface area contributed by atoms with Gasteiger partial charge in [-0.05, 0) is 54.8 Å². The highest BCUT2D eigenvalue weighted by Gasteiger charge is 2.22. The fraction of sp³-hybridized carbons (Fsp3) is 0.217. The second-order valence-electron chi connectivity index (χ2n) is 7.32. The molecule has 0 aliphatic carbocycles. The van der Waals surface area contributed by atoms with Crippen LogP contribution in [-0.4, -0.2) is 15.5 Å². The molecule has 5 nitrogen and oxygen atoms in total. The Bertz CT molecular complexity index is 1190. The number of aryl methyl sites for hydroxylation is 3. The summed E-state index contributed by atoms with van der Waals surface area (Å²) in [6, 6.07) is 9.67. The largest absolute Gasteiger partial charge is 0.464 e. The summed E-state index contributed by atoms with van der Waals surface area (Å²) in [5.74, 6) is 0.0818. The minimum absolute atomic E-state index is 0.158. The van der Waals surface area contributed by atoms with Crippen LogP contribution in [0.2, 0.25) is 0 Å². The summed E-state index contributed by atoms with van der Waals surface area (Å²) in [6.45, 7) is 4.06. The molecule has 0 spiro atoms. The molecule has 4 rings (SSSR count). The van der Waals surface area contributed by atoms with E-state index in [1.54, 1.807) is 30.8 Å². The Labute approximate surface area is 168 Å². The van der Waals surface area contributed by atoms with Gasteiger partial charge >= 0.3 is 0 Å². The first-order valence-electron chi connectivity index (χ1n) is 9.41. The molecule has 1 amide bonds. The molecule has 2 heterocycles. The number of halogens is 1. The lowest BCUT2D eigenvalue weighted by Crippen LogP contribution is -2.32. The average molecular weight is 391 g/mol. The number of benzene rings is 2. The molecule has 6 heteroatoms. The van der Waals surface area contributed by atoms with Gasteiger partial charge in [0.05, 0.1) is 12.7 Å². The Kier molecular flexibility index (Phi) is 4.92. The summed E-state index contributed by atoms with van der Waals surface area (Å²) in [7, 11) is 1.84. The molecular formula is C23H22FN3O2. The molecule has 148 valence electrons. The fourth-order valence-electron chi connectivity index (χ4n) is 3.50. The maximum absolute atomic E-state index is 13.8. The molecule has 0 saturated heterocycles. The summed E-state index contributed by atoms with van der Waals surface area (Å²) in [4.78, 5) is 17.2. The molecule has 0 bridgehead atoms. The molecule has 1 atom stereocenters. The van der Waals surface area contributed by atoms with E-state index < -0.39 is 6.04 Å².